The van der Waals surface area contributed by atoms with E-state index in [9.17, 15) is 0 Å². The molecule has 0 saturated carbocycles. The highest BCUT2D eigenvalue weighted by molar-refractivity contribution is 6.18. The van der Waals surface area contributed by atoms with Crippen LogP contribution in [0.4, 0.5) is 0 Å². The molecule has 1 nitrogen and oxygen atoms in total. The summed E-state index contributed by atoms with van der Waals surface area (Å²) in [6, 6.07) is 0. The topological polar surface area (TPSA) is 9.23 Å². The highest BCUT2D eigenvalue weighted by Gasteiger charge is 2.28. The van der Waals surface area contributed by atoms with Crippen molar-refractivity contribution in [2.45, 2.75) is 19.3 Å². The lowest BCUT2D eigenvalue weighted by Gasteiger charge is -2.31. The molecule has 0 radical (unpaired) electrons. The van der Waals surface area contributed by atoms with Crippen molar-refractivity contribution in [3.63, 3.8) is 0 Å². The van der Waals surface area contributed by atoms with Crippen LogP contribution >= 0.6 is 11.6 Å². The summed E-state index contributed by atoms with van der Waals surface area (Å²) in [5.41, 5.74) is 0.227. The monoisotopic (exact) mass is 174 g/mol. The summed E-state index contributed by atoms with van der Waals surface area (Å²) in [7, 11) is 1.74. The Hall–Kier alpha value is -0.0100. The van der Waals surface area contributed by atoms with E-state index in [1.807, 2.05) is 0 Å². The number of halogens is 1. The zero-order chi connectivity index (χ0) is 8.16. The summed E-state index contributed by atoms with van der Waals surface area (Å²) in [4.78, 5) is 0. The fourth-order valence-electron chi connectivity index (χ4n) is 1.54. The van der Waals surface area contributed by atoms with E-state index in [-0.39, 0.29) is 5.41 Å². The van der Waals surface area contributed by atoms with Gasteiger partial charge in [0.15, 0.2) is 0 Å². The Balaban J connectivity index is 2.51. The average Bonchev–Trinajstić information content (AvgIpc) is 2.07. The third-order valence-corrected chi connectivity index (χ3v) is 2.86. The van der Waals surface area contributed by atoms with E-state index >= 15 is 0 Å². The maximum Gasteiger partial charge on any atom is 0.0533 e. The van der Waals surface area contributed by atoms with Gasteiger partial charge in [-0.1, -0.05) is 12.2 Å². The lowest BCUT2D eigenvalue weighted by Crippen LogP contribution is -2.29. The van der Waals surface area contributed by atoms with Crippen LogP contribution in [0.5, 0.6) is 0 Å². The molecule has 1 atom stereocenters. The van der Waals surface area contributed by atoms with Crippen LogP contribution in [0.25, 0.3) is 0 Å². The molecule has 0 bridgehead atoms. The fraction of sp³-hybridized carbons (Fsp3) is 0.778. The molecule has 0 aromatic carbocycles. The Morgan fingerprint density at radius 3 is 2.82 bits per heavy atom. The highest BCUT2D eigenvalue weighted by atomic mass is 35.5. The Morgan fingerprint density at radius 1 is 1.55 bits per heavy atom. The van der Waals surface area contributed by atoms with Crippen molar-refractivity contribution in [3.05, 3.63) is 12.2 Å². The molecule has 0 aromatic rings. The third-order valence-electron chi connectivity index (χ3n) is 2.29. The Kier molecular flexibility index (Phi) is 3.41. The Bertz CT molecular complexity index is 144. The first kappa shape index (κ1) is 9.08. The molecular formula is C9H15ClO. The number of alkyl halides is 1. The van der Waals surface area contributed by atoms with E-state index in [4.69, 9.17) is 16.3 Å². The van der Waals surface area contributed by atoms with E-state index in [1.54, 1.807) is 7.11 Å². The molecule has 1 unspecified atom stereocenters. The summed E-state index contributed by atoms with van der Waals surface area (Å²) in [6.07, 6.45) is 7.83. The third kappa shape index (κ3) is 2.21. The van der Waals surface area contributed by atoms with Gasteiger partial charge in [0, 0.05) is 18.4 Å². The van der Waals surface area contributed by atoms with Crippen molar-refractivity contribution in [2.75, 3.05) is 19.6 Å². The zero-order valence-electron chi connectivity index (χ0n) is 6.98. The van der Waals surface area contributed by atoms with Crippen LogP contribution in [-0.4, -0.2) is 19.6 Å². The molecule has 0 heterocycles. The van der Waals surface area contributed by atoms with Gasteiger partial charge in [0.25, 0.3) is 0 Å². The second-order valence-corrected chi connectivity index (χ2v) is 3.55. The smallest absolute Gasteiger partial charge is 0.0533 e. The van der Waals surface area contributed by atoms with Gasteiger partial charge in [0.1, 0.15) is 0 Å². The van der Waals surface area contributed by atoms with Crippen molar-refractivity contribution >= 4 is 11.6 Å². The first-order chi connectivity index (χ1) is 5.33. The van der Waals surface area contributed by atoms with Crippen molar-refractivity contribution in [1.29, 1.82) is 0 Å². The first-order valence-electron chi connectivity index (χ1n) is 4.03. The molecule has 0 spiro atoms. The normalized spacial score (nSPS) is 30.7. The average molecular weight is 175 g/mol. The predicted molar refractivity (Wildman–Crippen MR) is 48.0 cm³/mol. The van der Waals surface area contributed by atoms with Crippen molar-refractivity contribution in [1.82, 2.24) is 0 Å². The zero-order valence-corrected chi connectivity index (χ0v) is 7.73. The lowest BCUT2D eigenvalue weighted by atomic mass is 9.79. The van der Waals surface area contributed by atoms with Gasteiger partial charge in [-0.3, -0.25) is 0 Å². The predicted octanol–water partition coefficient (Wildman–Crippen LogP) is 2.60. The van der Waals surface area contributed by atoms with Gasteiger partial charge in [-0.25, -0.2) is 0 Å². The second kappa shape index (κ2) is 4.13. The number of hydrogen-bond donors (Lipinski definition) is 0. The van der Waals surface area contributed by atoms with E-state index in [1.165, 1.54) is 6.42 Å². The quantitative estimate of drug-likeness (QED) is 0.472. The molecule has 0 aromatic heterocycles. The Morgan fingerprint density at radius 2 is 2.36 bits per heavy atom. The number of hydrogen-bond acceptors (Lipinski definition) is 1. The van der Waals surface area contributed by atoms with Gasteiger partial charge in [-0.05, 0) is 19.3 Å². The van der Waals surface area contributed by atoms with E-state index in [0.29, 0.717) is 5.88 Å². The SMILES string of the molecule is COCC1(CCl)CC=CCC1. The number of methoxy groups -OCH3 is 1. The highest BCUT2D eigenvalue weighted by Crippen LogP contribution is 2.33. The molecule has 2 heteroatoms. The standard InChI is InChI=1S/C9H15ClO/c1-11-8-9(7-10)5-3-2-4-6-9/h2-3H,4-8H2,1H3. The summed E-state index contributed by atoms with van der Waals surface area (Å²) >= 11 is 5.90. The second-order valence-electron chi connectivity index (χ2n) is 3.28. The number of rotatable bonds is 3. The van der Waals surface area contributed by atoms with E-state index < -0.39 is 0 Å². The van der Waals surface area contributed by atoms with Crippen molar-refractivity contribution in [3.8, 4) is 0 Å². The molecule has 0 N–H and O–H groups in total. The Labute approximate surface area is 73.4 Å². The molecule has 0 aliphatic heterocycles. The van der Waals surface area contributed by atoms with Crippen molar-refractivity contribution < 1.29 is 4.74 Å². The largest absolute Gasteiger partial charge is 0.384 e. The molecule has 1 aliphatic carbocycles. The molecule has 11 heavy (non-hydrogen) atoms. The van der Waals surface area contributed by atoms with Crippen LogP contribution < -0.4 is 0 Å². The van der Waals surface area contributed by atoms with Crippen LogP contribution in [0.2, 0.25) is 0 Å². The van der Waals surface area contributed by atoms with Crippen LogP contribution in [0.1, 0.15) is 19.3 Å². The molecular weight excluding hydrogens is 160 g/mol. The van der Waals surface area contributed by atoms with Gasteiger partial charge >= 0.3 is 0 Å². The van der Waals surface area contributed by atoms with Crippen LogP contribution in [-0.2, 0) is 4.74 Å². The first-order valence-corrected chi connectivity index (χ1v) is 4.56. The molecule has 0 saturated heterocycles. The van der Waals surface area contributed by atoms with Gasteiger partial charge < -0.3 is 4.74 Å². The van der Waals surface area contributed by atoms with Gasteiger partial charge in [0.2, 0.25) is 0 Å². The lowest BCUT2D eigenvalue weighted by molar-refractivity contribution is 0.0875. The van der Waals surface area contributed by atoms with E-state index in [2.05, 4.69) is 12.2 Å². The van der Waals surface area contributed by atoms with Crippen LogP contribution in [0.3, 0.4) is 0 Å². The molecule has 64 valence electrons. The van der Waals surface area contributed by atoms with Gasteiger partial charge in [-0.2, -0.15) is 0 Å². The maximum atomic E-state index is 5.90. The summed E-state index contributed by atoms with van der Waals surface area (Å²) in [5.74, 6) is 0.713. The summed E-state index contributed by atoms with van der Waals surface area (Å²) in [6.45, 7) is 0.792. The van der Waals surface area contributed by atoms with Crippen LogP contribution in [0, 0.1) is 5.41 Å². The number of ether oxygens (including phenoxy) is 1. The molecule has 0 fully saturated rings. The minimum absolute atomic E-state index is 0.227. The maximum absolute atomic E-state index is 5.90. The fourth-order valence-corrected chi connectivity index (χ4v) is 1.86. The van der Waals surface area contributed by atoms with E-state index in [0.717, 1.165) is 19.4 Å². The summed E-state index contributed by atoms with van der Waals surface area (Å²) in [5, 5.41) is 0. The molecule has 0 amide bonds. The van der Waals surface area contributed by atoms with Gasteiger partial charge in [0.05, 0.1) is 6.61 Å². The summed E-state index contributed by atoms with van der Waals surface area (Å²) < 4.78 is 5.16. The number of allylic oxidation sites excluding steroid dienone is 2. The van der Waals surface area contributed by atoms with Gasteiger partial charge in [-0.15, -0.1) is 11.6 Å². The molecule has 1 aliphatic rings. The minimum Gasteiger partial charge on any atom is -0.384 e. The minimum atomic E-state index is 0.227. The van der Waals surface area contributed by atoms with Crippen molar-refractivity contribution in [2.24, 2.45) is 5.41 Å². The molecule has 1 rings (SSSR count). The van der Waals surface area contributed by atoms with Crippen LogP contribution in [0.15, 0.2) is 12.2 Å².